The van der Waals surface area contributed by atoms with E-state index in [1.165, 1.54) is 29.7 Å². The van der Waals surface area contributed by atoms with Crippen molar-refractivity contribution in [1.29, 1.82) is 0 Å². The van der Waals surface area contributed by atoms with Crippen LogP contribution in [-0.4, -0.2) is 10.9 Å². The lowest BCUT2D eigenvalue weighted by Gasteiger charge is -2.14. The third-order valence-corrected chi connectivity index (χ3v) is 7.27. The number of aromatic nitrogens is 1. The molecule has 0 fully saturated rings. The van der Waals surface area contributed by atoms with Gasteiger partial charge in [-0.1, -0.05) is 15.9 Å². The molecular formula is C18H14Br3N3OS. The molecule has 0 radical (unpaired) electrons. The number of aryl methyl sites for hydroxylation is 2. The molecule has 0 aliphatic heterocycles. The molecule has 1 aliphatic carbocycles. The van der Waals surface area contributed by atoms with E-state index in [9.17, 15) is 4.79 Å². The van der Waals surface area contributed by atoms with Gasteiger partial charge >= 0.3 is 0 Å². The molecule has 2 aromatic heterocycles. The molecule has 26 heavy (non-hydrogen) atoms. The second-order valence-electron chi connectivity index (χ2n) is 6.20. The topological polar surface area (TPSA) is 68.0 Å². The molecule has 0 saturated heterocycles. The Morgan fingerprint density at radius 3 is 2.54 bits per heavy atom. The van der Waals surface area contributed by atoms with E-state index in [1.54, 1.807) is 0 Å². The monoisotopic (exact) mass is 557 g/mol. The molecule has 2 heterocycles. The van der Waals surface area contributed by atoms with Crippen LogP contribution in [0.2, 0.25) is 0 Å². The Bertz CT molecular complexity index is 1020. The number of hydrogen-bond acceptors (Lipinski definition) is 4. The third kappa shape index (κ3) is 3.32. The molecule has 0 bridgehead atoms. The van der Waals surface area contributed by atoms with E-state index in [0.717, 1.165) is 42.2 Å². The summed E-state index contributed by atoms with van der Waals surface area (Å²) in [6.45, 7) is 0. The molecule has 8 heteroatoms. The molecule has 3 N–H and O–H groups in total. The van der Waals surface area contributed by atoms with Crippen molar-refractivity contribution < 1.29 is 4.79 Å². The number of anilines is 2. The number of carbonyl (C=O) groups excluding carboxylic acids is 1. The van der Waals surface area contributed by atoms with Gasteiger partial charge < -0.3 is 11.1 Å². The molecule has 0 saturated carbocycles. The summed E-state index contributed by atoms with van der Waals surface area (Å²) in [5.41, 5.74) is 9.89. The largest absolute Gasteiger partial charge is 0.397 e. The SMILES string of the molecule is Nc1c(C(=O)Nc2c(Br)cc(Br)cc2Br)sc2nc3c(cc12)CCCC3. The Morgan fingerprint density at radius 1 is 1.12 bits per heavy atom. The summed E-state index contributed by atoms with van der Waals surface area (Å²) in [7, 11) is 0. The number of fused-ring (bicyclic) bond motifs is 2. The van der Waals surface area contributed by atoms with Crippen LogP contribution < -0.4 is 11.1 Å². The smallest absolute Gasteiger partial charge is 0.268 e. The zero-order valence-electron chi connectivity index (χ0n) is 13.5. The lowest BCUT2D eigenvalue weighted by Crippen LogP contribution is -2.12. The van der Waals surface area contributed by atoms with Gasteiger partial charge in [0.1, 0.15) is 9.71 Å². The van der Waals surface area contributed by atoms with E-state index in [1.807, 2.05) is 12.1 Å². The molecule has 1 amide bonds. The van der Waals surface area contributed by atoms with Crippen LogP contribution in [0.5, 0.6) is 0 Å². The number of nitrogens with two attached hydrogens (primary N) is 1. The predicted molar refractivity (Wildman–Crippen MR) is 118 cm³/mol. The van der Waals surface area contributed by atoms with Crippen molar-refractivity contribution in [2.24, 2.45) is 0 Å². The summed E-state index contributed by atoms with van der Waals surface area (Å²) in [5, 5.41) is 3.83. The average Bonchev–Trinajstić information content (AvgIpc) is 2.92. The molecule has 4 nitrogen and oxygen atoms in total. The lowest BCUT2D eigenvalue weighted by atomic mass is 9.95. The zero-order valence-corrected chi connectivity index (χ0v) is 19.1. The first-order valence-corrected chi connectivity index (χ1v) is 11.3. The summed E-state index contributed by atoms with van der Waals surface area (Å²) >= 11 is 11.7. The maximum atomic E-state index is 12.9. The average molecular weight is 560 g/mol. The Hall–Kier alpha value is -0.960. The van der Waals surface area contributed by atoms with Crippen molar-refractivity contribution in [3.05, 3.63) is 47.8 Å². The van der Waals surface area contributed by atoms with Crippen molar-refractivity contribution >= 4 is 86.6 Å². The zero-order chi connectivity index (χ0) is 18.4. The summed E-state index contributed by atoms with van der Waals surface area (Å²) in [4.78, 5) is 19.0. The van der Waals surface area contributed by atoms with Crippen molar-refractivity contribution in [3.63, 3.8) is 0 Å². The van der Waals surface area contributed by atoms with Crippen molar-refractivity contribution in [3.8, 4) is 0 Å². The number of nitrogen functional groups attached to an aromatic ring is 1. The predicted octanol–water partition coefficient (Wildman–Crippen LogP) is 6.30. The van der Waals surface area contributed by atoms with Gasteiger partial charge in [-0.3, -0.25) is 4.79 Å². The first kappa shape index (κ1) is 18.4. The third-order valence-electron chi connectivity index (χ3n) is 4.45. The molecule has 4 rings (SSSR count). The van der Waals surface area contributed by atoms with Crippen LogP contribution in [0.15, 0.2) is 31.6 Å². The van der Waals surface area contributed by atoms with Gasteiger partial charge in [0.15, 0.2) is 0 Å². The normalized spacial score (nSPS) is 13.7. The van der Waals surface area contributed by atoms with Crippen LogP contribution in [-0.2, 0) is 12.8 Å². The van der Waals surface area contributed by atoms with E-state index < -0.39 is 0 Å². The van der Waals surface area contributed by atoms with E-state index in [4.69, 9.17) is 10.7 Å². The van der Waals surface area contributed by atoms with Gasteiger partial charge in [-0.2, -0.15) is 0 Å². The minimum absolute atomic E-state index is 0.229. The lowest BCUT2D eigenvalue weighted by molar-refractivity contribution is 0.103. The van der Waals surface area contributed by atoms with Crippen molar-refractivity contribution in [2.45, 2.75) is 25.7 Å². The summed E-state index contributed by atoms with van der Waals surface area (Å²) in [6, 6.07) is 5.87. The Kier molecular flexibility index (Phi) is 5.11. The number of thiophene rings is 1. The highest BCUT2D eigenvalue weighted by molar-refractivity contribution is 9.11. The molecule has 0 spiro atoms. The summed E-state index contributed by atoms with van der Waals surface area (Å²) in [5.74, 6) is -0.229. The van der Waals surface area contributed by atoms with Crippen LogP contribution in [0.3, 0.4) is 0 Å². The minimum Gasteiger partial charge on any atom is -0.397 e. The van der Waals surface area contributed by atoms with Gasteiger partial charge in [-0.05, 0) is 81.3 Å². The van der Waals surface area contributed by atoms with Crippen molar-refractivity contribution in [1.82, 2.24) is 4.98 Å². The number of benzene rings is 1. The van der Waals surface area contributed by atoms with Gasteiger partial charge in [0, 0.05) is 24.5 Å². The maximum Gasteiger partial charge on any atom is 0.268 e. The van der Waals surface area contributed by atoms with Crippen molar-refractivity contribution in [2.75, 3.05) is 11.1 Å². The van der Waals surface area contributed by atoms with Gasteiger partial charge in [0.05, 0.1) is 11.4 Å². The van der Waals surface area contributed by atoms with Crippen LogP contribution in [0.25, 0.3) is 10.2 Å². The molecule has 1 aromatic carbocycles. The highest BCUT2D eigenvalue weighted by Crippen LogP contribution is 2.38. The number of rotatable bonds is 2. The number of carbonyl (C=O) groups is 1. The number of nitrogens with one attached hydrogen (secondary N) is 1. The van der Waals surface area contributed by atoms with Gasteiger partial charge in [-0.15, -0.1) is 11.3 Å². The van der Waals surface area contributed by atoms with E-state index >= 15 is 0 Å². The molecule has 3 aromatic rings. The Morgan fingerprint density at radius 2 is 1.81 bits per heavy atom. The number of nitrogens with zero attached hydrogens (tertiary/aromatic N) is 1. The maximum absolute atomic E-state index is 12.9. The Balaban J connectivity index is 1.72. The summed E-state index contributed by atoms with van der Waals surface area (Å²) < 4.78 is 2.46. The Labute approximate surface area is 180 Å². The first-order valence-electron chi connectivity index (χ1n) is 8.10. The number of hydrogen-bond donors (Lipinski definition) is 2. The fourth-order valence-corrected chi connectivity index (χ4v) is 6.61. The number of amides is 1. The van der Waals surface area contributed by atoms with Crippen LogP contribution in [0.1, 0.15) is 33.8 Å². The molecule has 134 valence electrons. The number of halogens is 3. The molecular weight excluding hydrogens is 546 g/mol. The minimum atomic E-state index is -0.229. The second-order valence-corrected chi connectivity index (χ2v) is 9.82. The number of pyridine rings is 1. The highest BCUT2D eigenvalue weighted by Gasteiger charge is 2.21. The fraction of sp³-hybridized carbons (Fsp3) is 0.222. The van der Waals surface area contributed by atoms with Crippen LogP contribution in [0.4, 0.5) is 11.4 Å². The van der Waals surface area contributed by atoms with E-state index in [-0.39, 0.29) is 5.91 Å². The van der Waals surface area contributed by atoms with Gasteiger partial charge in [-0.25, -0.2) is 4.98 Å². The van der Waals surface area contributed by atoms with Crippen LogP contribution in [0, 0.1) is 0 Å². The molecule has 0 atom stereocenters. The van der Waals surface area contributed by atoms with Gasteiger partial charge in [0.25, 0.3) is 5.91 Å². The van der Waals surface area contributed by atoms with E-state index in [0.29, 0.717) is 16.3 Å². The molecule has 1 aliphatic rings. The fourth-order valence-electron chi connectivity index (χ4n) is 3.16. The molecule has 0 unspecified atom stereocenters. The quantitative estimate of drug-likeness (QED) is 0.387. The highest BCUT2D eigenvalue weighted by atomic mass is 79.9. The first-order chi connectivity index (χ1) is 12.4. The van der Waals surface area contributed by atoms with Gasteiger partial charge in [0.2, 0.25) is 0 Å². The van der Waals surface area contributed by atoms with E-state index in [2.05, 4.69) is 59.2 Å². The standard InChI is InChI=1S/C18H14Br3N3OS/c19-9-6-11(20)15(12(21)7-9)24-17(25)16-14(22)10-5-8-3-1-2-4-13(8)23-18(10)26-16/h5-7H,1-4,22H2,(H,24,25). The summed E-state index contributed by atoms with van der Waals surface area (Å²) in [6.07, 6.45) is 4.39. The second kappa shape index (κ2) is 7.22. The van der Waals surface area contributed by atoms with Crippen LogP contribution >= 0.6 is 59.1 Å².